The zero-order valence-corrected chi connectivity index (χ0v) is 35.3. The Morgan fingerprint density at radius 1 is 0.691 bits per heavy atom. The van der Waals surface area contributed by atoms with Gasteiger partial charge >= 0.3 is 60.9 Å². The molecule has 3 aliphatic rings. The van der Waals surface area contributed by atoms with Gasteiger partial charge in [0.05, 0.1) is 5.92 Å². The van der Waals surface area contributed by atoms with E-state index in [0.717, 1.165) is 38.8 Å². The Hall–Kier alpha value is -5.28. The highest BCUT2D eigenvalue weighted by Crippen LogP contribution is 2.56. The molecule has 10 nitrogen and oxygen atoms in total. The SMILES string of the molecule is C=C(C)C(=O)OC(C(F)(F)F)C(F)(F)F.C=C(C)C(=O)OC(C)CC(O)(C(F)(F)F)C(F)(F)F.C=C(C)C(=O)OC1C2CC3C(=O)OC1C3C2.C=Cc1ccc(C(O)(C(F)(F)F)C(F)(F)F)cc1. The maximum atomic E-state index is 12.5. The second-order valence-corrected chi connectivity index (χ2v) is 15.3. The minimum atomic E-state index is -5.94. The van der Waals surface area contributed by atoms with E-state index in [9.17, 15) is 98.2 Å². The molecule has 3 fully saturated rings. The van der Waals surface area contributed by atoms with Crippen LogP contribution in [0.15, 0.2) is 67.3 Å². The maximum absolute atomic E-state index is 12.5. The second-order valence-electron chi connectivity index (χ2n) is 15.3. The Morgan fingerprint density at radius 3 is 1.46 bits per heavy atom. The summed E-state index contributed by atoms with van der Waals surface area (Å²) in [6.07, 6.45) is -40.1. The van der Waals surface area contributed by atoms with Crippen LogP contribution < -0.4 is 0 Å². The molecule has 0 radical (unpaired) electrons. The maximum Gasteiger partial charge on any atom is 0.434 e. The summed E-state index contributed by atoms with van der Waals surface area (Å²) in [5.41, 5.74) is -11.1. The molecule has 1 saturated heterocycles. The Morgan fingerprint density at radius 2 is 1.10 bits per heavy atom. The number of esters is 4. The molecule has 386 valence electrons. The molecule has 2 bridgehead atoms. The van der Waals surface area contributed by atoms with Crippen molar-refractivity contribution < 1.29 is 127 Å². The van der Waals surface area contributed by atoms with Gasteiger partial charge in [0, 0.05) is 40.5 Å². The Kier molecular flexibility index (Phi) is 19.3. The summed E-state index contributed by atoms with van der Waals surface area (Å²) in [7, 11) is 0. The molecule has 2 N–H and O–H groups in total. The molecule has 2 aliphatic carbocycles. The predicted molar refractivity (Wildman–Crippen MR) is 196 cm³/mol. The number of alkyl halides is 18. The summed E-state index contributed by atoms with van der Waals surface area (Å²) in [5.74, 6) is -2.72. The van der Waals surface area contributed by atoms with E-state index in [1.54, 1.807) is 6.92 Å². The third-order valence-electron chi connectivity index (χ3n) is 9.74. The van der Waals surface area contributed by atoms with Crippen LogP contribution in [0, 0.1) is 17.8 Å². The lowest BCUT2D eigenvalue weighted by atomic mass is 9.88. The van der Waals surface area contributed by atoms with Crippen molar-refractivity contribution in [2.45, 2.75) is 120 Å². The molecular formula is C40H40F18O10. The lowest BCUT2D eigenvalue weighted by Gasteiger charge is -2.33. The van der Waals surface area contributed by atoms with E-state index in [4.69, 9.17) is 19.7 Å². The standard InChI is InChI=1S/C12H14O4.C11H8F6O.C10H12F6O3.C7H6F6O2/c1-5(2)11(13)15-9-6-3-7-8(4-6)12(14)16-10(7)9;1-2-7-3-5-8(6-4-7)9(18,10(12,13)14)11(15,16)17;1-5(2)7(17)19-6(3)4-8(18,9(11,12)13)10(14,15)16;1-3(2)4(14)15-5(6(8,9)10)7(11,12)13/h6-10H,1,3-4H2,2H3;2-6,18H,1H2;6,18H,1,4H2,2-3H3;5H,1H2,2H3. The molecule has 0 amide bonds. The first-order valence-corrected chi connectivity index (χ1v) is 18.7. The summed E-state index contributed by atoms with van der Waals surface area (Å²) < 4.78 is 238. The smallest absolute Gasteiger partial charge is 0.434 e. The number of carbonyl (C=O) groups is 4. The Labute approximate surface area is 373 Å². The highest BCUT2D eigenvalue weighted by Gasteiger charge is 2.72. The van der Waals surface area contributed by atoms with Crippen molar-refractivity contribution in [1.29, 1.82) is 0 Å². The van der Waals surface area contributed by atoms with E-state index in [-0.39, 0.29) is 41.6 Å². The first-order chi connectivity index (χ1) is 30.3. The topological polar surface area (TPSA) is 146 Å². The van der Waals surface area contributed by atoms with Crippen LogP contribution in [-0.4, -0.2) is 101 Å². The molecule has 1 aromatic carbocycles. The molecule has 0 aromatic heterocycles. The number of hydrogen-bond acceptors (Lipinski definition) is 10. The average Bonchev–Trinajstić information content (AvgIpc) is 3.80. The van der Waals surface area contributed by atoms with Gasteiger partial charge in [-0.1, -0.05) is 56.7 Å². The van der Waals surface area contributed by atoms with Gasteiger partial charge in [0.25, 0.3) is 17.3 Å². The number of aliphatic hydroxyl groups is 2. The number of rotatable bonds is 10. The first kappa shape index (κ1) is 60.7. The summed E-state index contributed by atoms with van der Waals surface area (Å²) in [6.45, 7) is 17.4. The third kappa shape index (κ3) is 14.6. The van der Waals surface area contributed by atoms with E-state index in [2.05, 4.69) is 35.8 Å². The minimum absolute atomic E-state index is 0.0646. The van der Waals surface area contributed by atoms with E-state index < -0.39 is 90.0 Å². The van der Waals surface area contributed by atoms with Crippen molar-refractivity contribution in [1.82, 2.24) is 0 Å². The van der Waals surface area contributed by atoms with Crippen molar-refractivity contribution in [3.05, 3.63) is 78.4 Å². The van der Waals surface area contributed by atoms with Gasteiger partial charge < -0.3 is 29.2 Å². The van der Waals surface area contributed by atoms with E-state index >= 15 is 0 Å². The van der Waals surface area contributed by atoms with Crippen LogP contribution in [0.5, 0.6) is 0 Å². The number of carbonyl (C=O) groups excluding carboxylic acids is 4. The summed E-state index contributed by atoms with van der Waals surface area (Å²) in [5, 5.41) is 17.9. The molecule has 28 heteroatoms. The van der Waals surface area contributed by atoms with Crippen molar-refractivity contribution in [3.63, 3.8) is 0 Å². The van der Waals surface area contributed by atoms with Crippen molar-refractivity contribution in [3.8, 4) is 0 Å². The minimum Gasteiger partial charge on any atom is -0.459 e. The molecule has 1 aliphatic heterocycles. The highest BCUT2D eigenvalue weighted by atomic mass is 19.4. The monoisotopic (exact) mass is 1020 g/mol. The fraction of sp³-hybridized carbons (Fsp3) is 0.550. The van der Waals surface area contributed by atoms with Gasteiger partial charge in [0.1, 0.15) is 18.3 Å². The molecule has 4 rings (SSSR count). The zero-order valence-electron chi connectivity index (χ0n) is 35.3. The molecule has 6 atom stereocenters. The largest absolute Gasteiger partial charge is 0.459 e. The van der Waals surface area contributed by atoms with Crippen molar-refractivity contribution in [2.75, 3.05) is 0 Å². The molecule has 1 aromatic rings. The fourth-order valence-electron chi connectivity index (χ4n) is 6.30. The van der Waals surface area contributed by atoms with Crippen LogP contribution in [0.25, 0.3) is 6.08 Å². The predicted octanol–water partition coefficient (Wildman–Crippen LogP) is 10.0. The molecule has 68 heavy (non-hydrogen) atoms. The molecule has 1 heterocycles. The van der Waals surface area contributed by atoms with Gasteiger partial charge in [-0.05, 0) is 46.1 Å². The quantitative estimate of drug-likeness (QED) is 0.101. The van der Waals surface area contributed by atoms with Gasteiger partial charge in [-0.25, -0.2) is 14.4 Å². The first-order valence-electron chi connectivity index (χ1n) is 18.7. The number of fused-ring (bicyclic) bond motifs is 1. The van der Waals surface area contributed by atoms with E-state index in [0.29, 0.717) is 29.2 Å². The van der Waals surface area contributed by atoms with Gasteiger partial charge in [-0.15, -0.1) is 0 Å². The van der Waals surface area contributed by atoms with Crippen molar-refractivity contribution in [2.24, 2.45) is 17.8 Å². The summed E-state index contributed by atoms with van der Waals surface area (Å²) >= 11 is 0. The van der Waals surface area contributed by atoms with Crippen LogP contribution in [-0.2, 0) is 43.7 Å². The highest BCUT2D eigenvalue weighted by molar-refractivity contribution is 5.88. The fourth-order valence-corrected chi connectivity index (χ4v) is 6.30. The number of benzene rings is 1. The lowest BCUT2D eigenvalue weighted by Crippen LogP contribution is -2.58. The third-order valence-corrected chi connectivity index (χ3v) is 9.74. The Balaban J connectivity index is 0.000000455. The molecule has 2 saturated carbocycles. The number of hydrogen-bond donors (Lipinski definition) is 2. The second kappa shape index (κ2) is 21.6. The van der Waals surface area contributed by atoms with Crippen LogP contribution in [0.3, 0.4) is 0 Å². The van der Waals surface area contributed by atoms with Crippen molar-refractivity contribution >= 4 is 30.0 Å². The average molecular weight is 1020 g/mol. The van der Waals surface area contributed by atoms with Gasteiger partial charge in [-0.3, -0.25) is 4.79 Å². The van der Waals surface area contributed by atoms with Crippen LogP contribution >= 0.6 is 0 Å². The van der Waals surface area contributed by atoms with E-state index in [1.165, 1.54) is 13.0 Å². The van der Waals surface area contributed by atoms with Gasteiger partial charge in [0.15, 0.2) is 0 Å². The summed E-state index contributed by atoms with van der Waals surface area (Å²) in [4.78, 5) is 44.4. The van der Waals surface area contributed by atoms with Crippen LogP contribution in [0.4, 0.5) is 79.0 Å². The van der Waals surface area contributed by atoms with E-state index in [1.807, 2.05) is 0 Å². The number of ether oxygens (including phenoxy) is 4. The van der Waals surface area contributed by atoms with Crippen LogP contribution in [0.2, 0.25) is 0 Å². The van der Waals surface area contributed by atoms with Crippen LogP contribution in [0.1, 0.15) is 58.1 Å². The molecular weight excluding hydrogens is 982 g/mol. The van der Waals surface area contributed by atoms with Gasteiger partial charge in [0.2, 0.25) is 0 Å². The number of halogens is 18. The Bertz CT molecular complexity index is 1970. The summed E-state index contributed by atoms with van der Waals surface area (Å²) in [6, 6.07) is 3.14. The van der Waals surface area contributed by atoms with Gasteiger partial charge in [-0.2, -0.15) is 79.0 Å². The lowest BCUT2D eigenvalue weighted by molar-refractivity contribution is -0.376. The zero-order chi connectivity index (χ0) is 53.7. The molecule has 0 spiro atoms. The molecule has 6 unspecified atom stereocenters. The normalized spacial score (nSPS) is 20.8.